The van der Waals surface area contributed by atoms with E-state index in [0.29, 0.717) is 11.4 Å². The molecule has 0 spiro atoms. The Labute approximate surface area is 120 Å². The standard InChI is InChI=1S/C13H14N4O4/c1-7-10(6-17(2)16-7)15-13(21)14-8-3-4-11(18)9(5-8)12(19)20/h3-6,18H,1-2H3,(H,19,20)(H2,14,15,21). The normalized spacial score (nSPS) is 10.2. The van der Waals surface area contributed by atoms with Crippen LogP contribution in [0.15, 0.2) is 24.4 Å². The molecule has 0 aliphatic rings. The summed E-state index contributed by atoms with van der Waals surface area (Å²) in [4.78, 5) is 22.7. The van der Waals surface area contributed by atoms with Gasteiger partial charge in [-0.2, -0.15) is 5.10 Å². The number of aromatic carboxylic acids is 1. The van der Waals surface area contributed by atoms with Crippen molar-refractivity contribution in [2.24, 2.45) is 7.05 Å². The van der Waals surface area contributed by atoms with Gasteiger partial charge in [-0.05, 0) is 25.1 Å². The van der Waals surface area contributed by atoms with Crippen LogP contribution >= 0.6 is 0 Å². The quantitative estimate of drug-likeness (QED) is 0.643. The summed E-state index contributed by atoms with van der Waals surface area (Å²) in [6.07, 6.45) is 1.65. The van der Waals surface area contributed by atoms with Gasteiger partial charge in [0, 0.05) is 18.9 Å². The number of carboxylic acids is 1. The Morgan fingerprint density at radius 2 is 2.00 bits per heavy atom. The van der Waals surface area contributed by atoms with Gasteiger partial charge in [-0.15, -0.1) is 0 Å². The molecule has 110 valence electrons. The van der Waals surface area contributed by atoms with Crippen LogP contribution in [-0.2, 0) is 7.05 Å². The Kier molecular flexibility index (Phi) is 3.79. The van der Waals surface area contributed by atoms with Gasteiger partial charge in [0.25, 0.3) is 0 Å². The summed E-state index contributed by atoms with van der Waals surface area (Å²) in [6.45, 7) is 1.75. The number of nitrogens with zero attached hydrogens (tertiary/aromatic N) is 2. The van der Waals surface area contributed by atoms with E-state index >= 15 is 0 Å². The van der Waals surface area contributed by atoms with Gasteiger partial charge in [-0.1, -0.05) is 0 Å². The van der Waals surface area contributed by atoms with Crippen LogP contribution in [0.1, 0.15) is 16.1 Å². The zero-order chi connectivity index (χ0) is 15.6. The van der Waals surface area contributed by atoms with E-state index in [1.54, 1.807) is 24.9 Å². The van der Waals surface area contributed by atoms with Gasteiger partial charge in [-0.3, -0.25) is 4.68 Å². The Morgan fingerprint density at radius 1 is 1.29 bits per heavy atom. The Balaban J connectivity index is 2.11. The summed E-state index contributed by atoms with van der Waals surface area (Å²) in [7, 11) is 1.73. The van der Waals surface area contributed by atoms with Crippen molar-refractivity contribution in [3.63, 3.8) is 0 Å². The van der Waals surface area contributed by atoms with E-state index in [9.17, 15) is 14.7 Å². The maximum absolute atomic E-state index is 11.8. The molecule has 0 aliphatic carbocycles. The number of carbonyl (C=O) groups excluding carboxylic acids is 1. The summed E-state index contributed by atoms with van der Waals surface area (Å²) in [6, 6.07) is 3.24. The third kappa shape index (κ3) is 3.30. The molecule has 8 heteroatoms. The molecule has 0 saturated heterocycles. The van der Waals surface area contributed by atoms with Gasteiger partial charge < -0.3 is 20.8 Å². The van der Waals surface area contributed by atoms with Crippen LogP contribution in [0.25, 0.3) is 0 Å². The molecule has 2 amide bonds. The van der Waals surface area contributed by atoms with Gasteiger partial charge in [0.2, 0.25) is 0 Å². The van der Waals surface area contributed by atoms with Crippen molar-refractivity contribution >= 4 is 23.4 Å². The zero-order valence-electron chi connectivity index (χ0n) is 11.4. The number of carboxylic acid groups (broad SMARTS) is 1. The zero-order valence-corrected chi connectivity index (χ0v) is 11.4. The Morgan fingerprint density at radius 3 is 2.57 bits per heavy atom. The summed E-state index contributed by atoms with van der Waals surface area (Å²) in [5.41, 5.74) is 1.17. The number of aryl methyl sites for hydroxylation is 2. The van der Waals surface area contributed by atoms with Crippen LogP contribution in [-0.4, -0.2) is 32.0 Å². The molecule has 2 aromatic rings. The number of hydrogen-bond donors (Lipinski definition) is 4. The fourth-order valence-corrected chi connectivity index (χ4v) is 1.79. The van der Waals surface area contributed by atoms with Crippen LogP contribution in [0.4, 0.5) is 16.2 Å². The molecule has 8 nitrogen and oxygen atoms in total. The molecule has 0 aliphatic heterocycles. The Bertz CT molecular complexity index is 708. The molecule has 1 heterocycles. The number of phenols is 1. The summed E-state index contributed by atoms with van der Waals surface area (Å²) >= 11 is 0. The minimum Gasteiger partial charge on any atom is -0.507 e. The lowest BCUT2D eigenvalue weighted by Crippen LogP contribution is -2.19. The van der Waals surface area contributed by atoms with E-state index in [2.05, 4.69) is 15.7 Å². The molecule has 0 atom stereocenters. The molecule has 0 fully saturated rings. The minimum atomic E-state index is -1.28. The van der Waals surface area contributed by atoms with Crippen LogP contribution in [0.3, 0.4) is 0 Å². The topological polar surface area (TPSA) is 116 Å². The van der Waals surface area contributed by atoms with Crippen molar-refractivity contribution in [1.82, 2.24) is 9.78 Å². The van der Waals surface area contributed by atoms with Gasteiger partial charge in [0.1, 0.15) is 11.3 Å². The number of rotatable bonds is 3. The second-order valence-corrected chi connectivity index (χ2v) is 4.42. The highest BCUT2D eigenvalue weighted by Gasteiger charge is 2.12. The summed E-state index contributed by atoms with van der Waals surface area (Å²) in [5.74, 6) is -1.64. The third-order valence-electron chi connectivity index (χ3n) is 2.75. The smallest absolute Gasteiger partial charge is 0.339 e. The average molecular weight is 290 g/mol. The molecule has 2 rings (SSSR count). The number of nitrogens with one attached hydrogen (secondary N) is 2. The van der Waals surface area contributed by atoms with E-state index in [1.165, 1.54) is 18.2 Å². The van der Waals surface area contributed by atoms with Gasteiger partial charge in [0.05, 0.1) is 11.4 Å². The van der Waals surface area contributed by atoms with Crippen LogP contribution < -0.4 is 10.6 Å². The first-order valence-electron chi connectivity index (χ1n) is 6.01. The molecule has 21 heavy (non-hydrogen) atoms. The van der Waals surface area contributed by atoms with E-state index in [0.717, 1.165) is 0 Å². The first-order valence-corrected chi connectivity index (χ1v) is 6.01. The Hall–Kier alpha value is -3.03. The molecule has 0 saturated carbocycles. The molecular weight excluding hydrogens is 276 g/mol. The van der Waals surface area contributed by atoms with Gasteiger partial charge in [-0.25, -0.2) is 9.59 Å². The van der Waals surface area contributed by atoms with Crippen LogP contribution in [0.2, 0.25) is 0 Å². The number of anilines is 2. The lowest BCUT2D eigenvalue weighted by molar-refractivity contribution is 0.0693. The molecule has 0 radical (unpaired) electrons. The largest absolute Gasteiger partial charge is 0.507 e. The number of urea groups is 1. The highest BCUT2D eigenvalue weighted by atomic mass is 16.4. The number of aromatic hydroxyl groups is 1. The molecule has 1 aromatic heterocycles. The van der Waals surface area contributed by atoms with Gasteiger partial charge >= 0.3 is 12.0 Å². The lowest BCUT2D eigenvalue weighted by atomic mass is 10.2. The number of benzene rings is 1. The van der Waals surface area contributed by atoms with E-state index < -0.39 is 12.0 Å². The highest BCUT2D eigenvalue weighted by molar-refractivity contribution is 6.01. The number of carbonyl (C=O) groups is 2. The van der Waals surface area contributed by atoms with E-state index in [-0.39, 0.29) is 17.0 Å². The summed E-state index contributed by atoms with van der Waals surface area (Å²) in [5, 5.41) is 27.5. The number of amides is 2. The monoisotopic (exact) mass is 290 g/mol. The third-order valence-corrected chi connectivity index (χ3v) is 2.75. The van der Waals surface area contributed by atoms with Crippen LogP contribution in [0.5, 0.6) is 5.75 Å². The average Bonchev–Trinajstić information content (AvgIpc) is 2.69. The highest BCUT2D eigenvalue weighted by Crippen LogP contribution is 2.21. The second kappa shape index (κ2) is 5.53. The van der Waals surface area contributed by atoms with Crippen molar-refractivity contribution < 1.29 is 19.8 Å². The fraction of sp³-hybridized carbons (Fsp3) is 0.154. The van der Waals surface area contributed by atoms with E-state index in [1.807, 2.05) is 0 Å². The first kappa shape index (κ1) is 14.4. The van der Waals surface area contributed by atoms with Crippen molar-refractivity contribution in [3.8, 4) is 5.75 Å². The lowest BCUT2D eigenvalue weighted by Gasteiger charge is -2.08. The number of hydrogen-bond acceptors (Lipinski definition) is 4. The molecule has 0 bridgehead atoms. The molecule has 0 unspecified atom stereocenters. The van der Waals surface area contributed by atoms with Crippen molar-refractivity contribution in [1.29, 1.82) is 0 Å². The van der Waals surface area contributed by atoms with Crippen molar-refractivity contribution in [3.05, 3.63) is 35.7 Å². The first-order chi connectivity index (χ1) is 9.86. The maximum atomic E-state index is 11.8. The summed E-state index contributed by atoms with van der Waals surface area (Å²) < 4.78 is 1.56. The number of aromatic nitrogens is 2. The second-order valence-electron chi connectivity index (χ2n) is 4.42. The molecule has 4 N–H and O–H groups in total. The fourth-order valence-electron chi connectivity index (χ4n) is 1.79. The maximum Gasteiger partial charge on any atom is 0.339 e. The molecular formula is C13H14N4O4. The minimum absolute atomic E-state index is 0.254. The van der Waals surface area contributed by atoms with Gasteiger partial charge in [0.15, 0.2) is 0 Å². The van der Waals surface area contributed by atoms with E-state index in [4.69, 9.17) is 5.11 Å². The SMILES string of the molecule is Cc1nn(C)cc1NC(=O)Nc1ccc(O)c(C(=O)O)c1. The van der Waals surface area contributed by atoms with Crippen LogP contribution in [0, 0.1) is 6.92 Å². The molecule has 1 aromatic carbocycles. The van der Waals surface area contributed by atoms with Crippen molar-refractivity contribution in [2.75, 3.05) is 10.6 Å². The predicted molar refractivity (Wildman–Crippen MR) is 75.7 cm³/mol. The predicted octanol–water partition coefficient (Wildman–Crippen LogP) is 1.78. The van der Waals surface area contributed by atoms with Crippen molar-refractivity contribution in [2.45, 2.75) is 6.92 Å².